The molecular formula is C22H18NO3-. The van der Waals surface area contributed by atoms with Crippen molar-refractivity contribution < 1.29 is 14.7 Å². The standard InChI is InChI=1S/C22H19NO3/c24-21(23-15-14-16-8-2-1-3-9-16)19-12-6-4-10-17(19)18-11-5-7-13-20(18)22(25)26/h1-13H,14-15H2,(H,23,24)(H,25,26)/p-1. The summed E-state index contributed by atoms with van der Waals surface area (Å²) in [6.45, 7) is 0.499. The van der Waals surface area contributed by atoms with Gasteiger partial charge in [0.05, 0.1) is 5.97 Å². The molecule has 4 nitrogen and oxygen atoms in total. The average Bonchev–Trinajstić information content (AvgIpc) is 2.68. The molecule has 3 aromatic rings. The molecule has 0 radical (unpaired) electrons. The molecule has 3 aromatic carbocycles. The number of carbonyl (C=O) groups excluding carboxylic acids is 2. The SMILES string of the molecule is O=C([O-])c1ccccc1-c1ccccc1C(=O)NCCc1ccccc1. The molecule has 130 valence electrons. The lowest BCUT2D eigenvalue weighted by Gasteiger charge is -2.14. The molecule has 0 atom stereocenters. The minimum absolute atomic E-state index is 0.0667. The van der Waals surface area contributed by atoms with Gasteiger partial charge in [-0.1, -0.05) is 72.8 Å². The Morgan fingerprint density at radius 3 is 1.92 bits per heavy atom. The Balaban J connectivity index is 1.81. The van der Waals surface area contributed by atoms with Crippen molar-refractivity contribution in [3.63, 3.8) is 0 Å². The Morgan fingerprint density at radius 1 is 0.731 bits per heavy atom. The first-order chi connectivity index (χ1) is 12.7. The summed E-state index contributed by atoms with van der Waals surface area (Å²) in [5.41, 5.74) is 2.69. The van der Waals surface area contributed by atoms with E-state index in [1.54, 1.807) is 42.5 Å². The number of carbonyl (C=O) groups is 2. The second-order valence-corrected chi connectivity index (χ2v) is 5.87. The first-order valence-corrected chi connectivity index (χ1v) is 8.38. The predicted octanol–water partition coefficient (Wildman–Crippen LogP) is 2.69. The number of carboxylic acid groups (broad SMARTS) is 1. The summed E-state index contributed by atoms with van der Waals surface area (Å²) in [5, 5.41) is 14.3. The molecule has 0 fully saturated rings. The molecule has 0 bridgehead atoms. The van der Waals surface area contributed by atoms with Crippen LogP contribution in [0.5, 0.6) is 0 Å². The van der Waals surface area contributed by atoms with Crippen molar-refractivity contribution in [2.75, 3.05) is 6.54 Å². The van der Waals surface area contributed by atoms with Crippen LogP contribution in [0.3, 0.4) is 0 Å². The quantitative estimate of drug-likeness (QED) is 0.747. The van der Waals surface area contributed by atoms with Crippen LogP contribution < -0.4 is 10.4 Å². The summed E-state index contributed by atoms with van der Waals surface area (Å²) in [7, 11) is 0. The van der Waals surface area contributed by atoms with E-state index in [2.05, 4.69) is 5.32 Å². The van der Waals surface area contributed by atoms with Crippen molar-refractivity contribution in [3.8, 4) is 11.1 Å². The summed E-state index contributed by atoms with van der Waals surface area (Å²) in [6, 6.07) is 23.4. The van der Waals surface area contributed by atoms with Crippen molar-refractivity contribution in [3.05, 3.63) is 95.6 Å². The fourth-order valence-corrected chi connectivity index (χ4v) is 2.87. The maximum atomic E-state index is 12.6. The van der Waals surface area contributed by atoms with Gasteiger partial charge in [-0.05, 0) is 29.2 Å². The van der Waals surface area contributed by atoms with Gasteiger partial charge in [-0.15, -0.1) is 0 Å². The van der Waals surface area contributed by atoms with Gasteiger partial charge in [0, 0.05) is 17.7 Å². The average molecular weight is 344 g/mol. The molecule has 1 N–H and O–H groups in total. The number of benzene rings is 3. The predicted molar refractivity (Wildman–Crippen MR) is 98.7 cm³/mol. The third kappa shape index (κ3) is 3.98. The van der Waals surface area contributed by atoms with Crippen LogP contribution in [0.15, 0.2) is 78.9 Å². The van der Waals surface area contributed by atoms with Gasteiger partial charge in [0.2, 0.25) is 0 Å². The zero-order valence-electron chi connectivity index (χ0n) is 14.1. The van der Waals surface area contributed by atoms with Crippen LogP contribution in [-0.2, 0) is 6.42 Å². The summed E-state index contributed by atoms with van der Waals surface area (Å²) >= 11 is 0. The van der Waals surface area contributed by atoms with Gasteiger partial charge in [-0.3, -0.25) is 4.79 Å². The molecule has 0 aliphatic heterocycles. The van der Waals surface area contributed by atoms with Crippen LogP contribution in [0.2, 0.25) is 0 Å². The number of rotatable bonds is 6. The Kier molecular flexibility index (Phi) is 5.44. The van der Waals surface area contributed by atoms with Gasteiger partial charge in [-0.25, -0.2) is 0 Å². The second kappa shape index (κ2) is 8.12. The van der Waals surface area contributed by atoms with E-state index in [-0.39, 0.29) is 11.5 Å². The first kappa shape index (κ1) is 17.4. The summed E-state index contributed by atoms with van der Waals surface area (Å²) in [6.07, 6.45) is 0.727. The van der Waals surface area contributed by atoms with Gasteiger partial charge < -0.3 is 15.2 Å². The molecule has 0 spiro atoms. The molecule has 3 rings (SSSR count). The largest absolute Gasteiger partial charge is 0.545 e. The lowest BCUT2D eigenvalue weighted by atomic mass is 9.95. The highest BCUT2D eigenvalue weighted by Gasteiger charge is 2.14. The van der Waals surface area contributed by atoms with E-state index in [1.807, 2.05) is 30.3 Å². The maximum absolute atomic E-state index is 12.6. The van der Waals surface area contributed by atoms with Gasteiger partial charge >= 0.3 is 0 Å². The fourth-order valence-electron chi connectivity index (χ4n) is 2.87. The van der Waals surface area contributed by atoms with Gasteiger partial charge in [0.1, 0.15) is 0 Å². The number of amides is 1. The number of aromatic carboxylic acids is 1. The summed E-state index contributed by atoms with van der Waals surface area (Å²) in [4.78, 5) is 24.0. The lowest BCUT2D eigenvalue weighted by Crippen LogP contribution is -2.27. The Labute approximate surface area is 152 Å². The summed E-state index contributed by atoms with van der Waals surface area (Å²) in [5.74, 6) is -1.50. The van der Waals surface area contributed by atoms with Crippen molar-refractivity contribution in [2.24, 2.45) is 0 Å². The van der Waals surface area contributed by atoms with Gasteiger partial charge in [0.15, 0.2) is 0 Å². The number of hydrogen-bond acceptors (Lipinski definition) is 3. The van der Waals surface area contributed by atoms with Crippen molar-refractivity contribution in [2.45, 2.75) is 6.42 Å². The lowest BCUT2D eigenvalue weighted by molar-refractivity contribution is -0.254. The Hall–Kier alpha value is -3.40. The van der Waals surface area contributed by atoms with Crippen LogP contribution >= 0.6 is 0 Å². The molecule has 0 aliphatic carbocycles. The maximum Gasteiger partial charge on any atom is 0.251 e. The van der Waals surface area contributed by atoms with Crippen LogP contribution in [-0.4, -0.2) is 18.4 Å². The minimum Gasteiger partial charge on any atom is -0.545 e. The third-order valence-corrected chi connectivity index (χ3v) is 4.15. The Bertz CT molecular complexity index is 919. The van der Waals surface area contributed by atoms with Crippen LogP contribution in [0.4, 0.5) is 0 Å². The molecule has 26 heavy (non-hydrogen) atoms. The number of nitrogens with one attached hydrogen (secondary N) is 1. The van der Waals surface area contributed by atoms with E-state index in [4.69, 9.17) is 0 Å². The minimum atomic E-state index is -1.26. The van der Waals surface area contributed by atoms with E-state index in [1.165, 1.54) is 6.07 Å². The molecule has 0 heterocycles. The van der Waals surface area contributed by atoms with Gasteiger partial charge in [0.25, 0.3) is 5.91 Å². The summed E-state index contributed by atoms with van der Waals surface area (Å²) < 4.78 is 0. The molecule has 0 unspecified atom stereocenters. The highest BCUT2D eigenvalue weighted by Crippen LogP contribution is 2.27. The number of carboxylic acids is 1. The zero-order valence-corrected chi connectivity index (χ0v) is 14.1. The van der Waals surface area contributed by atoms with Crippen molar-refractivity contribution in [1.82, 2.24) is 5.32 Å². The fraction of sp³-hybridized carbons (Fsp3) is 0.0909. The van der Waals surface area contributed by atoms with Crippen LogP contribution in [0.25, 0.3) is 11.1 Å². The van der Waals surface area contributed by atoms with E-state index >= 15 is 0 Å². The van der Waals surface area contributed by atoms with E-state index in [9.17, 15) is 14.7 Å². The molecule has 4 heteroatoms. The monoisotopic (exact) mass is 344 g/mol. The molecule has 0 saturated carbocycles. The molecule has 0 saturated heterocycles. The highest BCUT2D eigenvalue weighted by molar-refractivity contribution is 6.04. The smallest absolute Gasteiger partial charge is 0.251 e. The molecule has 0 aromatic heterocycles. The third-order valence-electron chi connectivity index (χ3n) is 4.15. The topological polar surface area (TPSA) is 69.2 Å². The molecule has 0 aliphatic rings. The molecule has 1 amide bonds. The second-order valence-electron chi connectivity index (χ2n) is 5.87. The van der Waals surface area contributed by atoms with E-state index < -0.39 is 5.97 Å². The van der Waals surface area contributed by atoms with E-state index in [0.717, 1.165) is 12.0 Å². The van der Waals surface area contributed by atoms with Crippen LogP contribution in [0.1, 0.15) is 26.3 Å². The Morgan fingerprint density at radius 2 is 1.27 bits per heavy atom. The van der Waals surface area contributed by atoms with E-state index in [0.29, 0.717) is 23.2 Å². The first-order valence-electron chi connectivity index (χ1n) is 8.38. The van der Waals surface area contributed by atoms with Crippen molar-refractivity contribution >= 4 is 11.9 Å². The van der Waals surface area contributed by atoms with Crippen molar-refractivity contribution in [1.29, 1.82) is 0 Å². The molecular weight excluding hydrogens is 326 g/mol. The highest BCUT2D eigenvalue weighted by atomic mass is 16.4. The number of hydrogen-bond donors (Lipinski definition) is 1. The normalized spacial score (nSPS) is 10.3. The zero-order chi connectivity index (χ0) is 18.4. The van der Waals surface area contributed by atoms with Crippen LogP contribution in [0, 0.1) is 0 Å². The van der Waals surface area contributed by atoms with Gasteiger partial charge in [-0.2, -0.15) is 0 Å².